The van der Waals surface area contributed by atoms with Crippen LogP contribution in [0.1, 0.15) is 22.3 Å². The predicted octanol–water partition coefficient (Wildman–Crippen LogP) is 5.20. The first-order valence-electron chi connectivity index (χ1n) is 10.0. The molecule has 0 radical (unpaired) electrons. The van der Waals surface area contributed by atoms with E-state index in [9.17, 15) is 14.4 Å². The monoisotopic (exact) mass is 410 g/mol. The summed E-state index contributed by atoms with van der Waals surface area (Å²) in [6.07, 6.45) is 1.55. The summed E-state index contributed by atoms with van der Waals surface area (Å²) in [5.41, 5.74) is 4.16. The Morgan fingerprint density at radius 3 is 1.52 bits per heavy atom. The highest BCUT2D eigenvalue weighted by Gasteiger charge is 2.44. The average Bonchev–Trinajstić information content (AvgIpc) is 2.75. The van der Waals surface area contributed by atoms with Crippen molar-refractivity contribution in [2.24, 2.45) is 0 Å². The zero-order chi connectivity index (χ0) is 22.1. The quantitative estimate of drug-likeness (QED) is 0.441. The topological polar surface area (TPSA) is 57.7 Å². The number of carbonyl (C=O) groups is 3. The van der Waals surface area contributed by atoms with E-state index in [1.807, 2.05) is 69.3 Å². The summed E-state index contributed by atoms with van der Waals surface area (Å²) in [4.78, 5) is 42.5. The van der Waals surface area contributed by atoms with Crippen LogP contribution in [0.3, 0.4) is 0 Å². The Morgan fingerprint density at radius 2 is 1.06 bits per heavy atom. The molecule has 0 atom stereocenters. The highest BCUT2D eigenvalue weighted by molar-refractivity contribution is 6.46. The molecular weight excluding hydrogens is 388 g/mol. The number of rotatable bonds is 3. The number of barbiturate groups is 1. The lowest BCUT2D eigenvalue weighted by Crippen LogP contribution is -2.57. The second-order valence-electron chi connectivity index (χ2n) is 7.61. The van der Waals surface area contributed by atoms with Gasteiger partial charge >= 0.3 is 6.03 Å². The maximum absolute atomic E-state index is 13.5. The average molecular weight is 410 g/mol. The Bertz CT molecular complexity index is 1160. The van der Waals surface area contributed by atoms with Crippen LogP contribution in [0.5, 0.6) is 0 Å². The van der Waals surface area contributed by atoms with Gasteiger partial charge in [0.15, 0.2) is 0 Å². The van der Waals surface area contributed by atoms with Gasteiger partial charge in [-0.3, -0.25) is 9.59 Å². The zero-order valence-corrected chi connectivity index (χ0v) is 17.6. The van der Waals surface area contributed by atoms with Crippen molar-refractivity contribution in [2.45, 2.75) is 20.8 Å². The van der Waals surface area contributed by atoms with Crippen molar-refractivity contribution >= 4 is 35.3 Å². The van der Waals surface area contributed by atoms with Crippen LogP contribution in [0, 0.1) is 20.8 Å². The van der Waals surface area contributed by atoms with Crippen LogP contribution in [-0.2, 0) is 9.59 Å². The van der Waals surface area contributed by atoms with E-state index in [4.69, 9.17) is 0 Å². The molecule has 3 aromatic carbocycles. The van der Waals surface area contributed by atoms with E-state index in [1.165, 1.54) is 0 Å². The molecule has 0 spiro atoms. The standard InChI is InChI=1S/C26H22N2O3/c1-17-12-14-20(15-13-17)16-21-24(29)27(22-10-6-4-8-18(22)2)26(31)28(25(21)30)23-11-7-5-9-19(23)3/h4-16H,1-3H3. The van der Waals surface area contributed by atoms with Crippen molar-refractivity contribution in [3.8, 4) is 0 Å². The number of para-hydroxylation sites is 2. The van der Waals surface area contributed by atoms with E-state index in [1.54, 1.807) is 30.3 Å². The zero-order valence-electron chi connectivity index (χ0n) is 17.6. The van der Waals surface area contributed by atoms with Gasteiger partial charge in [0.05, 0.1) is 11.4 Å². The molecule has 1 aliphatic heterocycles. The van der Waals surface area contributed by atoms with Crippen LogP contribution >= 0.6 is 0 Å². The third-order valence-corrected chi connectivity index (χ3v) is 5.35. The van der Waals surface area contributed by atoms with Gasteiger partial charge in [0.1, 0.15) is 5.57 Å². The molecule has 0 saturated carbocycles. The van der Waals surface area contributed by atoms with Crippen LogP contribution in [0.25, 0.3) is 6.08 Å². The molecule has 5 nitrogen and oxygen atoms in total. The molecule has 0 aliphatic carbocycles. The number of aryl methyl sites for hydroxylation is 3. The van der Waals surface area contributed by atoms with Crippen molar-refractivity contribution < 1.29 is 14.4 Å². The SMILES string of the molecule is Cc1ccc(C=C2C(=O)N(c3ccccc3C)C(=O)N(c3ccccc3C)C2=O)cc1. The molecule has 1 fully saturated rings. The Balaban J connectivity index is 1.91. The fourth-order valence-electron chi connectivity index (χ4n) is 3.61. The summed E-state index contributed by atoms with van der Waals surface area (Å²) in [5, 5.41) is 0. The summed E-state index contributed by atoms with van der Waals surface area (Å²) in [7, 11) is 0. The van der Waals surface area contributed by atoms with Crippen LogP contribution < -0.4 is 9.80 Å². The van der Waals surface area contributed by atoms with E-state index in [0.717, 1.165) is 26.5 Å². The summed E-state index contributed by atoms with van der Waals surface area (Å²) in [6, 6.07) is 21.1. The second kappa shape index (κ2) is 8.03. The first-order valence-corrected chi connectivity index (χ1v) is 10.0. The number of carbonyl (C=O) groups excluding carboxylic acids is 3. The van der Waals surface area contributed by atoms with E-state index in [0.29, 0.717) is 16.9 Å². The van der Waals surface area contributed by atoms with E-state index in [-0.39, 0.29) is 5.57 Å². The minimum absolute atomic E-state index is 0.0602. The third-order valence-electron chi connectivity index (χ3n) is 5.35. The number of imide groups is 2. The maximum Gasteiger partial charge on any atom is 0.343 e. The van der Waals surface area contributed by atoms with Crippen LogP contribution in [0.4, 0.5) is 16.2 Å². The summed E-state index contributed by atoms with van der Waals surface area (Å²) in [6.45, 7) is 5.62. The minimum atomic E-state index is -0.681. The van der Waals surface area contributed by atoms with Gasteiger partial charge in [0, 0.05) is 0 Å². The number of amides is 4. The first-order chi connectivity index (χ1) is 14.9. The molecule has 4 amide bonds. The van der Waals surface area contributed by atoms with Gasteiger partial charge in [-0.2, -0.15) is 0 Å². The molecular formula is C26H22N2O3. The normalized spacial score (nSPS) is 14.3. The lowest BCUT2D eigenvalue weighted by atomic mass is 10.0. The van der Waals surface area contributed by atoms with Gasteiger partial charge in [-0.1, -0.05) is 66.2 Å². The second-order valence-corrected chi connectivity index (χ2v) is 7.61. The maximum atomic E-state index is 13.5. The molecule has 1 aliphatic rings. The highest BCUT2D eigenvalue weighted by atomic mass is 16.2. The van der Waals surface area contributed by atoms with E-state index >= 15 is 0 Å². The van der Waals surface area contributed by atoms with Gasteiger partial charge in [-0.25, -0.2) is 14.6 Å². The molecule has 0 unspecified atom stereocenters. The molecule has 0 N–H and O–H groups in total. The van der Waals surface area contributed by atoms with Crippen molar-refractivity contribution in [3.05, 3.63) is 101 Å². The summed E-state index contributed by atoms with van der Waals surface area (Å²) < 4.78 is 0. The van der Waals surface area contributed by atoms with Crippen LogP contribution in [0.2, 0.25) is 0 Å². The highest BCUT2D eigenvalue weighted by Crippen LogP contribution is 2.32. The summed E-state index contributed by atoms with van der Waals surface area (Å²) >= 11 is 0. The Kier molecular flexibility index (Phi) is 5.26. The molecule has 5 heteroatoms. The number of anilines is 2. The third kappa shape index (κ3) is 3.66. The van der Waals surface area contributed by atoms with Gasteiger partial charge in [0.2, 0.25) is 0 Å². The number of hydrogen-bond donors (Lipinski definition) is 0. The Hall–Kier alpha value is -3.99. The Morgan fingerprint density at radius 1 is 0.613 bits per heavy atom. The van der Waals surface area contributed by atoms with Gasteiger partial charge in [-0.05, 0) is 55.7 Å². The molecule has 3 aromatic rings. The minimum Gasteiger partial charge on any atom is -0.268 e. The fraction of sp³-hybridized carbons (Fsp3) is 0.115. The van der Waals surface area contributed by atoms with E-state index < -0.39 is 17.8 Å². The number of hydrogen-bond acceptors (Lipinski definition) is 3. The lowest BCUT2D eigenvalue weighted by molar-refractivity contribution is -0.121. The van der Waals surface area contributed by atoms with Crippen molar-refractivity contribution in [1.82, 2.24) is 0 Å². The van der Waals surface area contributed by atoms with Gasteiger partial charge in [-0.15, -0.1) is 0 Å². The van der Waals surface area contributed by atoms with Crippen molar-refractivity contribution in [3.63, 3.8) is 0 Å². The van der Waals surface area contributed by atoms with Crippen molar-refractivity contribution in [2.75, 3.05) is 9.80 Å². The first kappa shape index (κ1) is 20.3. The molecule has 31 heavy (non-hydrogen) atoms. The van der Waals surface area contributed by atoms with Crippen LogP contribution in [-0.4, -0.2) is 17.8 Å². The lowest BCUT2D eigenvalue weighted by Gasteiger charge is -2.35. The number of urea groups is 1. The van der Waals surface area contributed by atoms with Gasteiger partial charge in [0.25, 0.3) is 11.8 Å². The molecule has 1 heterocycles. The molecule has 0 bridgehead atoms. The predicted molar refractivity (Wildman–Crippen MR) is 122 cm³/mol. The van der Waals surface area contributed by atoms with E-state index in [2.05, 4.69) is 0 Å². The number of nitrogens with zero attached hydrogens (tertiary/aromatic N) is 2. The fourth-order valence-corrected chi connectivity index (χ4v) is 3.61. The molecule has 0 aromatic heterocycles. The Labute approximate surface area is 181 Å². The molecule has 4 rings (SSSR count). The summed E-state index contributed by atoms with van der Waals surface area (Å²) in [5.74, 6) is -1.26. The van der Waals surface area contributed by atoms with Gasteiger partial charge < -0.3 is 0 Å². The van der Waals surface area contributed by atoms with Crippen LogP contribution in [0.15, 0.2) is 78.4 Å². The molecule has 154 valence electrons. The molecule has 1 saturated heterocycles. The number of benzene rings is 3. The van der Waals surface area contributed by atoms with Crippen molar-refractivity contribution in [1.29, 1.82) is 0 Å². The largest absolute Gasteiger partial charge is 0.343 e. The smallest absolute Gasteiger partial charge is 0.268 e.